The monoisotopic (exact) mass is 497 g/mol. The SMILES string of the molecule is CSCC[C@H](NC(=O)OCC1c2ccccc2-c2ccccc21)C(=O)N1CCN(C)C(C(=O)O)C1. The highest BCUT2D eigenvalue weighted by Crippen LogP contribution is 2.44. The second kappa shape index (κ2) is 11.1. The molecule has 8 nitrogen and oxygen atoms in total. The van der Waals surface area contributed by atoms with Gasteiger partial charge in [-0.25, -0.2) is 4.79 Å². The van der Waals surface area contributed by atoms with Crippen LogP contribution in [0.15, 0.2) is 48.5 Å². The van der Waals surface area contributed by atoms with E-state index in [1.54, 1.807) is 23.7 Å². The number of rotatable bonds is 8. The molecule has 35 heavy (non-hydrogen) atoms. The molecular weight excluding hydrogens is 466 g/mol. The number of fused-ring (bicyclic) bond motifs is 3. The Morgan fingerprint density at radius 3 is 2.31 bits per heavy atom. The molecule has 0 radical (unpaired) electrons. The van der Waals surface area contributed by atoms with E-state index in [2.05, 4.69) is 29.6 Å². The van der Waals surface area contributed by atoms with Crippen molar-refractivity contribution in [2.75, 3.05) is 45.3 Å². The van der Waals surface area contributed by atoms with Crippen LogP contribution in [0.2, 0.25) is 0 Å². The summed E-state index contributed by atoms with van der Waals surface area (Å²) in [6, 6.07) is 14.7. The topological polar surface area (TPSA) is 99.2 Å². The number of carbonyl (C=O) groups excluding carboxylic acids is 2. The molecule has 0 saturated carbocycles. The number of nitrogens with one attached hydrogen (secondary N) is 1. The van der Waals surface area contributed by atoms with E-state index in [0.29, 0.717) is 25.3 Å². The maximum absolute atomic E-state index is 13.2. The van der Waals surface area contributed by atoms with Gasteiger partial charge in [0.1, 0.15) is 18.7 Å². The summed E-state index contributed by atoms with van der Waals surface area (Å²) < 4.78 is 5.63. The van der Waals surface area contributed by atoms with Crippen molar-refractivity contribution in [3.8, 4) is 11.1 Å². The minimum absolute atomic E-state index is 0.0672. The van der Waals surface area contributed by atoms with Crippen molar-refractivity contribution in [2.45, 2.75) is 24.4 Å². The Bertz CT molecular complexity index is 1050. The third kappa shape index (κ3) is 5.46. The van der Waals surface area contributed by atoms with Crippen LogP contribution in [0, 0.1) is 0 Å². The van der Waals surface area contributed by atoms with Gasteiger partial charge in [0.05, 0.1) is 0 Å². The van der Waals surface area contributed by atoms with Crippen molar-refractivity contribution in [3.63, 3.8) is 0 Å². The predicted octanol–water partition coefficient (Wildman–Crippen LogP) is 2.87. The molecule has 186 valence electrons. The summed E-state index contributed by atoms with van der Waals surface area (Å²) in [5.41, 5.74) is 4.53. The zero-order valence-corrected chi connectivity index (χ0v) is 20.8. The van der Waals surface area contributed by atoms with Gasteiger partial charge in [0, 0.05) is 25.6 Å². The van der Waals surface area contributed by atoms with Gasteiger partial charge in [-0.05, 0) is 47.7 Å². The Hall–Kier alpha value is -3.04. The normalized spacial score (nSPS) is 18.5. The van der Waals surface area contributed by atoms with E-state index in [1.165, 1.54) is 4.90 Å². The Morgan fingerprint density at radius 2 is 1.71 bits per heavy atom. The van der Waals surface area contributed by atoms with Crippen LogP contribution in [-0.2, 0) is 14.3 Å². The van der Waals surface area contributed by atoms with Gasteiger partial charge in [0.2, 0.25) is 5.91 Å². The molecule has 9 heteroatoms. The number of benzene rings is 2. The number of alkyl carbamates (subject to hydrolysis) is 1. The molecule has 1 unspecified atom stereocenters. The molecule has 0 aromatic heterocycles. The highest BCUT2D eigenvalue weighted by Gasteiger charge is 2.35. The van der Waals surface area contributed by atoms with Gasteiger partial charge in [-0.2, -0.15) is 11.8 Å². The Balaban J connectivity index is 1.41. The fourth-order valence-corrected chi connectivity index (χ4v) is 5.31. The lowest BCUT2D eigenvalue weighted by atomic mass is 9.98. The summed E-state index contributed by atoms with van der Waals surface area (Å²) in [5.74, 6) is -0.625. The summed E-state index contributed by atoms with van der Waals surface area (Å²) in [7, 11) is 1.74. The van der Waals surface area contributed by atoms with E-state index in [-0.39, 0.29) is 25.0 Å². The van der Waals surface area contributed by atoms with Gasteiger partial charge in [0.15, 0.2) is 0 Å². The Kier molecular flexibility index (Phi) is 7.97. The van der Waals surface area contributed by atoms with Crippen LogP contribution in [0.3, 0.4) is 0 Å². The van der Waals surface area contributed by atoms with Gasteiger partial charge < -0.3 is 20.1 Å². The molecule has 2 amide bonds. The van der Waals surface area contributed by atoms with Gasteiger partial charge in [-0.15, -0.1) is 0 Å². The molecule has 1 fully saturated rings. The number of carbonyl (C=O) groups is 3. The smallest absolute Gasteiger partial charge is 0.407 e. The first kappa shape index (κ1) is 25.1. The van der Waals surface area contributed by atoms with Crippen molar-refractivity contribution in [2.24, 2.45) is 0 Å². The number of amides is 2. The van der Waals surface area contributed by atoms with E-state index in [1.807, 2.05) is 30.5 Å². The number of thioether (sulfide) groups is 1. The number of carboxylic acids is 1. The number of likely N-dealkylation sites (N-methyl/N-ethyl adjacent to an activating group) is 1. The number of hydrogen-bond donors (Lipinski definition) is 2. The number of hydrogen-bond acceptors (Lipinski definition) is 6. The zero-order valence-electron chi connectivity index (χ0n) is 20.0. The number of ether oxygens (including phenoxy) is 1. The Morgan fingerprint density at radius 1 is 1.09 bits per heavy atom. The molecule has 1 aliphatic carbocycles. The third-order valence-corrected chi connectivity index (χ3v) is 7.43. The average Bonchev–Trinajstić information content (AvgIpc) is 3.18. The lowest BCUT2D eigenvalue weighted by Crippen LogP contribution is -2.59. The van der Waals surface area contributed by atoms with E-state index in [9.17, 15) is 19.5 Å². The second-order valence-corrected chi connectivity index (χ2v) is 9.91. The van der Waals surface area contributed by atoms with Crippen LogP contribution in [0.25, 0.3) is 11.1 Å². The first-order valence-electron chi connectivity index (χ1n) is 11.7. The van der Waals surface area contributed by atoms with E-state index in [0.717, 1.165) is 22.3 Å². The van der Waals surface area contributed by atoms with Crippen LogP contribution < -0.4 is 5.32 Å². The number of carboxylic acid groups (broad SMARTS) is 1. The highest BCUT2D eigenvalue weighted by molar-refractivity contribution is 7.98. The fourth-order valence-electron chi connectivity index (χ4n) is 4.84. The molecule has 1 aliphatic heterocycles. The predicted molar refractivity (Wildman–Crippen MR) is 136 cm³/mol. The van der Waals surface area contributed by atoms with Crippen LogP contribution >= 0.6 is 11.8 Å². The van der Waals surface area contributed by atoms with Crippen molar-refractivity contribution in [1.29, 1.82) is 0 Å². The maximum Gasteiger partial charge on any atom is 0.407 e. The lowest BCUT2D eigenvalue weighted by Gasteiger charge is -2.38. The first-order valence-corrected chi connectivity index (χ1v) is 13.1. The van der Waals surface area contributed by atoms with E-state index in [4.69, 9.17) is 4.74 Å². The number of piperazine rings is 1. The summed E-state index contributed by atoms with van der Waals surface area (Å²) in [5, 5.41) is 12.2. The molecule has 2 N–H and O–H groups in total. The van der Waals surface area contributed by atoms with Gasteiger partial charge in [0.25, 0.3) is 0 Å². The number of nitrogens with zero attached hydrogens (tertiary/aromatic N) is 2. The largest absolute Gasteiger partial charge is 0.480 e. The molecule has 0 bridgehead atoms. The molecule has 2 aliphatic rings. The fraction of sp³-hybridized carbons (Fsp3) is 0.423. The molecule has 1 saturated heterocycles. The van der Waals surface area contributed by atoms with E-state index >= 15 is 0 Å². The summed E-state index contributed by atoms with van der Waals surface area (Å²) in [6.07, 6.45) is 1.73. The summed E-state index contributed by atoms with van der Waals surface area (Å²) in [4.78, 5) is 40.9. The Labute approximate surface area is 209 Å². The minimum atomic E-state index is -0.963. The highest BCUT2D eigenvalue weighted by atomic mass is 32.2. The molecule has 2 aromatic rings. The molecule has 2 aromatic carbocycles. The summed E-state index contributed by atoms with van der Waals surface area (Å²) in [6.45, 7) is 1.13. The van der Waals surface area contributed by atoms with Crippen molar-refractivity contribution in [3.05, 3.63) is 59.7 Å². The molecule has 4 rings (SSSR count). The maximum atomic E-state index is 13.2. The van der Waals surface area contributed by atoms with Gasteiger partial charge in [-0.1, -0.05) is 48.5 Å². The first-order chi connectivity index (χ1) is 16.9. The quantitative estimate of drug-likeness (QED) is 0.579. The zero-order chi connectivity index (χ0) is 24.9. The molecule has 1 heterocycles. The van der Waals surface area contributed by atoms with Crippen LogP contribution in [0.5, 0.6) is 0 Å². The molecular formula is C26H31N3O5S. The lowest BCUT2D eigenvalue weighted by molar-refractivity contribution is -0.148. The molecule has 2 atom stereocenters. The van der Waals surface area contributed by atoms with Crippen LogP contribution in [-0.4, -0.2) is 90.3 Å². The average molecular weight is 498 g/mol. The second-order valence-electron chi connectivity index (χ2n) is 8.92. The number of aliphatic carboxylic acids is 1. The van der Waals surface area contributed by atoms with Crippen molar-refractivity contribution >= 4 is 29.7 Å². The minimum Gasteiger partial charge on any atom is -0.480 e. The molecule has 0 spiro atoms. The van der Waals surface area contributed by atoms with Crippen molar-refractivity contribution in [1.82, 2.24) is 15.1 Å². The van der Waals surface area contributed by atoms with Crippen molar-refractivity contribution < 1.29 is 24.2 Å². The van der Waals surface area contributed by atoms with E-state index < -0.39 is 24.1 Å². The van der Waals surface area contributed by atoms with Gasteiger partial charge in [-0.3, -0.25) is 14.5 Å². The standard InChI is InChI=1S/C26H31N3O5S/c1-28-12-13-29(15-23(28)25(31)32)24(30)22(11-14-35-2)27-26(33)34-16-21-19-9-5-3-7-17(19)18-8-4-6-10-20(18)21/h3-10,21-23H,11-16H2,1-2H3,(H,27,33)(H,31,32)/t22-,23?/m0/s1. The summed E-state index contributed by atoms with van der Waals surface area (Å²) >= 11 is 1.58. The van der Waals surface area contributed by atoms with Crippen LogP contribution in [0.4, 0.5) is 4.79 Å². The third-order valence-electron chi connectivity index (χ3n) is 6.79. The van der Waals surface area contributed by atoms with Gasteiger partial charge >= 0.3 is 12.1 Å². The van der Waals surface area contributed by atoms with Crippen LogP contribution in [0.1, 0.15) is 23.5 Å².